The van der Waals surface area contributed by atoms with E-state index in [9.17, 15) is 22.8 Å². The first-order valence-corrected chi connectivity index (χ1v) is 13.5. The third kappa shape index (κ3) is 5.07. The zero-order valence-electron chi connectivity index (χ0n) is 18.6. The van der Waals surface area contributed by atoms with Crippen LogP contribution in [0.4, 0.5) is 0 Å². The van der Waals surface area contributed by atoms with Crippen molar-refractivity contribution < 1.29 is 22.8 Å². The van der Waals surface area contributed by atoms with Crippen LogP contribution in [0.1, 0.15) is 37.7 Å². The first kappa shape index (κ1) is 23.8. The number of carbonyl (C=O) groups is 3. The molecular weight excluding hydrogens is 474 g/mol. The summed E-state index contributed by atoms with van der Waals surface area (Å²) in [5.41, 5.74) is 3.06. The van der Waals surface area contributed by atoms with Crippen LogP contribution in [0.5, 0.6) is 0 Å². The molecule has 0 spiro atoms. The van der Waals surface area contributed by atoms with Crippen molar-refractivity contribution in [3.8, 4) is 11.3 Å². The summed E-state index contributed by atoms with van der Waals surface area (Å²) in [5, 5.41) is 5.69. The highest BCUT2D eigenvalue weighted by Gasteiger charge is 2.42. The van der Waals surface area contributed by atoms with Crippen molar-refractivity contribution in [3.63, 3.8) is 0 Å². The highest BCUT2D eigenvalue weighted by Crippen LogP contribution is 2.26. The van der Waals surface area contributed by atoms with Crippen LogP contribution in [-0.4, -0.2) is 54.1 Å². The minimum atomic E-state index is -3.42. The average molecular weight is 498 g/mol. The summed E-state index contributed by atoms with van der Waals surface area (Å²) in [6.07, 6.45) is 0.869. The molecule has 1 aliphatic heterocycles. The minimum absolute atomic E-state index is 0.160. The van der Waals surface area contributed by atoms with Gasteiger partial charge in [-0.1, -0.05) is 36.4 Å². The molecule has 1 aliphatic rings. The number of carbonyl (C=O) groups excluding carboxylic acids is 3. The molecule has 1 aromatic heterocycles. The number of fused-ring (bicyclic) bond motifs is 1. The predicted molar refractivity (Wildman–Crippen MR) is 129 cm³/mol. The van der Waals surface area contributed by atoms with Crippen LogP contribution >= 0.6 is 11.3 Å². The van der Waals surface area contributed by atoms with Crippen LogP contribution in [0, 0.1) is 6.92 Å². The van der Waals surface area contributed by atoms with E-state index in [4.69, 9.17) is 0 Å². The molecule has 0 aliphatic carbocycles. The molecule has 3 amide bonds. The zero-order valence-corrected chi connectivity index (χ0v) is 20.3. The van der Waals surface area contributed by atoms with Gasteiger partial charge in [0, 0.05) is 23.7 Å². The van der Waals surface area contributed by atoms with Crippen molar-refractivity contribution in [2.24, 2.45) is 0 Å². The van der Waals surface area contributed by atoms with Gasteiger partial charge in [0.1, 0.15) is 15.9 Å². The van der Waals surface area contributed by atoms with Crippen molar-refractivity contribution in [3.05, 3.63) is 75.6 Å². The maximum atomic E-state index is 13.1. The van der Waals surface area contributed by atoms with E-state index in [-0.39, 0.29) is 29.8 Å². The van der Waals surface area contributed by atoms with Crippen LogP contribution in [-0.2, 0) is 21.2 Å². The molecule has 2 heterocycles. The van der Waals surface area contributed by atoms with E-state index in [1.165, 1.54) is 12.1 Å². The third-order valence-electron chi connectivity index (χ3n) is 5.54. The molecule has 0 saturated carbocycles. The second kappa shape index (κ2) is 9.47. The molecule has 34 heavy (non-hydrogen) atoms. The number of aromatic nitrogens is 1. The number of amides is 3. The molecule has 0 fully saturated rings. The fraction of sp³-hybridized carbons (Fsp3) is 0.250. The maximum Gasteiger partial charge on any atom is 0.262 e. The number of nitrogens with zero attached hydrogens (tertiary/aromatic N) is 2. The number of benzene rings is 2. The molecule has 8 nitrogen and oxygen atoms in total. The van der Waals surface area contributed by atoms with Gasteiger partial charge in [-0.2, -0.15) is 0 Å². The van der Waals surface area contributed by atoms with Gasteiger partial charge >= 0.3 is 0 Å². The lowest BCUT2D eigenvalue weighted by Gasteiger charge is -2.25. The van der Waals surface area contributed by atoms with E-state index in [0.717, 1.165) is 33.0 Å². The number of hydrogen-bond acceptors (Lipinski definition) is 7. The van der Waals surface area contributed by atoms with Gasteiger partial charge in [-0.25, -0.2) is 13.4 Å². The number of imide groups is 1. The standard InChI is InChI=1S/C24H23N3O5S2/c1-15-26-20(14-33-15)17-9-7-16(8-10-17)13-25-22(28)21(11-12-34(2,31)32)27-23(29)18-5-3-4-6-19(18)24(27)30/h3-10,14,21H,11-13H2,1-2H3,(H,25,28). The van der Waals surface area contributed by atoms with Crippen molar-refractivity contribution in [2.75, 3.05) is 12.0 Å². The largest absolute Gasteiger partial charge is 0.350 e. The van der Waals surface area contributed by atoms with E-state index in [0.29, 0.717) is 0 Å². The van der Waals surface area contributed by atoms with Gasteiger partial charge in [-0.3, -0.25) is 19.3 Å². The smallest absolute Gasteiger partial charge is 0.262 e. The van der Waals surface area contributed by atoms with Crippen LogP contribution in [0.3, 0.4) is 0 Å². The molecule has 1 unspecified atom stereocenters. The maximum absolute atomic E-state index is 13.1. The first-order valence-electron chi connectivity index (χ1n) is 10.6. The van der Waals surface area contributed by atoms with Crippen molar-refractivity contribution in [1.29, 1.82) is 0 Å². The van der Waals surface area contributed by atoms with E-state index in [1.54, 1.807) is 23.5 Å². The molecule has 1 N–H and O–H groups in total. The molecular formula is C24H23N3O5S2. The number of rotatable bonds is 8. The normalized spacial score (nSPS) is 14.2. The predicted octanol–water partition coefficient (Wildman–Crippen LogP) is 2.83. The van der Waals surface area contributed by atoms with Crippen molar-refractivity contribution in [2.45, 2.75) is 25.9 Å². The summed E-state index contributed by atoms with van der Waals surface area (Å²) in [4.78, 5) is 44.2. The third-order valence-corrected chi connectivity index (χ3v) is 7.29. The summed E-state index contributed by atoms with van der Waals surface area (Å²) < 4.78 is 23.5. The Morgan fingerprint density at radius 1 is 1.06 bits per heavy atom. The molecule has 0 saturated heterocycles. The quantitative estimate of drug-likeness (QED) is 0.479. The Balaban J connectivity index is 1.50. The van der Waals surface area contributed by atoms with Crippen LogP contribution in [0.15, 0.2) is 53.9 Å². The fourth-order valence-electron chi connectivity index (χ4n) is 3.79. The van der Waals surface area contributed by atoms with Gasteiger partial charge in [0.05, 0.1) is 27.6 Å². The van der Waals surface area contributed by atoms with Gasteiger partial charge in [0.2, 0.25) is 5.91 Å². The van der Waals surface area contributed by atoms with E-state index >= 15 is 0 Å². The number of nitrogens with one attached hydrogen (secondary N) is 1. The highest BCUT2D eigenvalue weighted by atomic mass is 32.2. The SMILES string of the molecule is Cc1nc(-c2ccc(CNC(=O)C(CCS(C)(=O)=O)N3C(=O)c4ccccc4C3=O)cc2)cs1. The van der Waals surface area contributed by atoms with Gasteiger partial charge in [-0.15, -0.1) is 11.3 Å². The Kier molecular flexibility index (Phi) is 6.63. The molecule has 176 valence electrons. The molecule has 10 heteroatoms. The molecule has 0 radical (unpaired) electrons. The molecule has 4 rings (SSSR count). The van der Waals surface area contributed by atoms with Crippen LogP contribution < -0.4 is 5.32 Å². The molecule has 3 aromatic rings. The van der Waals surface area contributed by atoms with Crippen LogP contribution in [0.2, 0.25) is 0 Å². The van der Waals surface area contributed by atoms with Crippen molar-refractivity contribution in [1.82, 2.24) is 15.2 Å². The monoisotopic (exact) mass is 497 g/mol. The van der Waals surface area contributed by atoms with E-state index in [2.05, 4.69) is 10.3 Å². The van der Waals surface area contributed by atoms with Gasteiger partial charge in [0.15, 0.2) is 0 Å². The highest BCUT2D eigenvalue weighted by molar-refractivity contribution is 7.90. The first-order chi connectivity index (χ1) is 16.1. The van der Waals surface area contributed by atoms with E-state index < -0.39 is 33.6 Å². The molecule has 2 aromatic carbocycles. The van der Waals surface area contributed by atoms with Gasteiger partial charge in [-0.05, 0) is 31.0 Å². The van der Waals surface area contributed by atoms with Crippen LogP contribution in [0.25, 0.3) is 11.3 Å². The lowest BCUT2D eigenvalue weighted by molar-refractivity contribution is -0.125. The minimum Gasteiger partial charge on any atom is -0.350 e. The number of thiazole rings is 1. The Labute approximate surface area is 201 Å². The van der Waals surface area contributed by atoms with Crippen molar-refractivity contribution >= 4 is 38.9 Å². The van der Waals surface area contributed by atoms with Gasteiger partial charge < -0.3 is 5.32 Å². The molecule has 0 bridgehead atoms. The Morgan fingerprint density at radius 2 is 1.68 bits per heavy atom. The lowest BCUT2D eigenvalue weighted by Crippen LogP contribution is -2.50. The Bertz CT molecular complexity index is 1330. The second-order valence-corrected chi connectivity index (χ2v) is 11.4. The summed E-state index contributed by atoms with van der Waals surface area (Å²) in [6.45, 7) is 2.10. The zero-order chi connectivity index (χ0) is 24.5. The summed E-state index contributed by atoms with van der Waals surface area (Å²) in [7, 11) is -3.42. The lowest BCUT2D eigenvalue weighted by atomic mass is 10.1. The Hall–Kier alpha value is -3.37. The summed E-state index contributed by atoms with van der Waals surface area (Å²) in [5.74, 6) is -2.12. The molecule has 1 atom stereocenters. The number of aryl methyl sites for hydroxylation is 1. The summed E-state index contributed by atoms with van der Waals surface area (Å²) in [6, 6.07) is 12.6. The van der Waals surface area contributed by atoms with E-state index in [1.807, 2.05) is 36.6 Å². The second-order valence-electron chi connectivity index (χ2n) is 8.13. The number of sulfone groups is 1. The number of hydrogen-bond donors (Lipinski definition) is 1. The summed E-state index contributed by atoms with van der Waals surface area (Å²) >= 11 is 1.56. The average Bonchev–Trinajstić information content (AvgIpc) is 3.34. The van der Waals surface area contributed by atoms with Gasteiger partial charge in [0.25, 0.3) is 11.8 Å². The topological polar surface area (TPSA) is 114 Å². The fourth-order valence-corrected chi connectivity index (χ4v) is 5.06. The Morgan fingerprint density at radius 3 is 2.21 bits per heavy atom.